The van der Waals surface area contributed by atoms with E-state index >= 15 is 0 Å². The number of hydrogen-bond acceptors (Lipinski definition) is 4. The van der Waals surface area contributed by atoms with Gasteiger partial charge in [-0.2, -0.15) is 18.3 Å². The molecule has 0 aromatic carbocycles. The first-order valence-electron chi connectivity index (χ1n) is 7.24. The number of aryl methyl sites for hydroxylation is 1. The minimum absolute atomic E-state index is 0.375. The number of amides is 3. The van der Waals surface area contributed by atoms with Crippen molar-refractivity contribution in [2.24, 2.45) is 7.05 Å². The third-order valence-electron chi connectivity index (χ3n) is 3.48. The van der Waals surface area contributed by atoms with Gasteiger partial charge in [0.25, 0.3) is 6.43 Å². The summed E-state index contributed by atoms with van der Waals surface area (Å²) in [6.45, 7) is -1.71. The van der Waals surface area contributed by atoms with E-state index in [4.69, 9.17) is 0 Å². The van der Waals surface area contributed by atoms with Crippen LogP contribution in [0.1, 0.15) is 18.5 Å². The summed E-state index contributed by atoms with van der Waals surface area (Å²) in [5.41, 5.74) is -1.11. The summed E-state index contributed by atoms with van der Waals surface area (Å²) in [4.78, 5) is 37.1. The van der Waals surface area contributed by atoms with Crippen LogP contribution >= 0.6 is 0 Å². The molecule has 0 saturated carbocycles. The van der Waals surface area contributed by atoms with Crippen molar-refractivity contribution in [3.05, 3.63) is 11.9 Å². The normalized spacial score (nSPS) is 15.1. The number of carbonyl (C=O) groups excluding carboxylic acids is 3. The monoisotopic (exact) mass is 383 g/mol. The van der Waals surface area contributed by atoms with Gasteiger partial charge in [0.2, 0.25) is 5.91 Å². The molecule has 8 nitrogen and oxygen atoms in total. The maximum Gasteiger partial charge on any atom is 0.390 e. The van der Waals surface area contributed by atoms with Gasteiger partial charge in [-0.05, 0) is 0 Å². The van der Waals surface area contributed by atoms with Gasteiger partial charge in [-0.15, -0.1) is 0 Å². The van der Waals surface area contributed by atoms with Crippen LogP contribution in [-0.2, 0) is 21.4 Å². The van der Waals surface area contributed by atoms with Crippen LogP contribution < -0.4 is 5.32 Å². The second kappa shape index (κ2) is 7.25. The number of rotatable bonds is 4. The molecule has 13 heteroatoms. The Kier molecular flexibility index (Phi) is 5.47. The highest BCUT2D eigenvalue weighted by Crippen LogP contribution is 2.25. The molecule has 0 aliphatic carbocycles. The molecule has 2 heterocycles. The minimum Gasteiger partial charge on any atom is -0.323 e. The highest BCUT2D eigenvalue weighted by atomic mass is 19.4. The molecule has 1 aliphatic heterocycles. The Bertz CT molecular complexity index is 718. The smallest absolute Gasteiger partial charge is 0.323 e. The number of halogens is 5. The Morgan fingerprint density at radius 2 is 2.00 bits per heavy atom. The fourth-order valence-electron chi connectivity index (χ4n) is 2.27. The van der Waals surface area contributed by atoms with E-state index < -0.39 is 62.2 Å². The highest BCUT2D eigenvalue weighted by Gasteiger charge is 2.36. The summed E-state index contributed by atoms with van der Waals surface area (Å²) in [6, 6.07) is 0. The lowest BCUT2D eigenvalue weighted by Crippen LogP contribution is -2.39. The Morgan fingerprint density at radius 3 is 2.58 bits per heavy atom. The maximum absolute atomic E-state index is 12.8. The fourth-order valence-corrected chi connectivity index (χ4v) is 2.27. The van der Waals surface area contributed by atoms with Gasteiger partial charge in [0.1, 0.15) is 6.54 Å². The van der Waals surface area contributed by atoms with E-state index in [1.54, 1.807) is 0 Å². The van der Waals surface area contributed by atoms with E-state index in [0.29, 0.717) is 0 Å². The lowest BCUT2D eigenvalue weighted by Gasteiger charge is -2.18. The summed E-state index contributed by atoms with van der Waals surface area (Å²) >= 11 is 0. The summed E-state index contributed by atoms with van der Waals surface area (Å²) in [5.74, 6) is -3.27. The molecule has 144 valence electrons. The van der Waals surface area contributed by atoms with E-state index in [-0.39, 0.29) is 5.69 Å². The highest BCUT2D eigenvalue weighted by molar-refractivity contribution is 6.40. The third-order valence-corrected chi connectivity index (χ3v) is 3.48. The van der Waals surface area contributed by atoms with Crippen molar-refractivity contribution >= 4 is 23.4 Å². The minimum atomic E-state index is -4.47. The van der Waals surface area contributed by atoms with Gasteiger partial charge in [-0.1, -0.05) is 0 Å². The molecule has 2 rings (SSSR count). The van der Waals surface area contributed by atoms with E-state index in [9.17, 15) is 36.3 Å². The van der Waals surface area contributed by atoms with Gasteiger partial charge in [0.05, 0.1) is 18.8 Å². The van der Waals surface area contributed by atoms with Crippen LogP contribution in [0, 0.1) is 0 Å². The molecule has 0 radical (unpaired) electrons. The molecule has 0 bridgehead atoms. The summed E-state index contributed by atoms with van der Waals surface area (Å²) in [5, 5.41) is 5.42. The lowest BCUT2D eigenvalue weighted by atomic mass is 10.3. The van der Waals surface area contributed by atoms with Crippen molar-refractivity contribution in [2.45, 2.75) is 19.0 Å². The van der Waals surface area contributed by atoms with E-state index in [1.165, 1.54) is 7.05 Å². The molecule has 1 N–H and O–H groups in total. The number of anilines is 1. The van der Waals surface area contributed by atoms with Gasteiger partial charge in [0, 0.05) is 19.8 Å². The van der Waals surface area contributed by atoms with Crippen molar-refractivity contribution in [1.29, 1.82) is 0 Å². The third kappa shape index (κ3) is 4.67. The summed E-state index contributed by atoms with van der Waals surface area (Å²) < 4.78 is 63.3. The Hall–Kier alpha value is -2.73. The lowest BCUT2D eigenvalue weighted by molar-refractivity contribution is -0.144. The van der Waals surface area contributed by atoms with E-state index in [0.717, 1.165) is 20.7 Å². The summed E-state index contributed by atoms with van der Waals surface area (Å²) in [6.07, 6.45) is -7.65. The van der Waals surface area contributed by atoms with Crippen molar-refractivity contribution in [3.63, 3.8) is 0 Å². The first-order valence-corrected chi connectivity index (χ1v) is 7.24. The molecule has 1 saturated heterocycles. The SMILES string of the molecule is Cn1cc(NC(=O)C(=O)N2CC(=O)N(CCC(F)(F)F)C2)c(C(F)F)n1. The fraction of sp³-hybridized carbons (Fsp3) is 0.538. The zero-order valence-electron chi connectivity index (χ0n) is 13.4. The predicted molar refractivity (Wildman–Crippen MR) is 75.8 cm³/mol. The van der Waals surface area contributed by atoms with Crippen LogP contribution in [0.3, 0.4) is 0 Å². The Morgan fingerprint density at radius 1 is 1.35 bits per heavy atom. The van der Waals surface area contributed by atoms with Gasteiger partial charge in [-0.3, -0.25) is 19.1 Å². The van der Waals surface area contributed by atoms with Crippen molar-refractivity contribution in [2.75, 3.05) is 25.1 Å². The van der Waals surface area contributed by atoms with Crippen molar-refractivity contribution in [3.8, 4) is 0 Å². The quantitative estimate of drug-likeness (QED) is 0.618. The Labute approximate surface area is 143 Å². The van der Waals surface area contributed by atoms with E-state index in [1.807, 2.05) is 5.32 Å². The molecule has 3 amide bonds. The molecule has 1 fully saturated rings. The molecule has 26 heavy (non-hydrogen) atoms. The molecule has 1 aliphatic rings. The first kappa shape index (κ1) is 19.6. The van der Waals surface area contributed by atoms with Crippen LogP contribution in [0.4, 0.5) is 27.6 Å². The standard InChI is InChI=1S/C13H14F5N5O3/c1-21-4-7(9(20-21)10(14)15)19-11(25)12(26)23-5-8(24)22(6-23)3-2-13(16,17)18/h4,10H,2-3,5-6H2,1H3,(H,19,25). The van der Waals surface area contributed by atoms with Crippen molar-refractivity contribution in [1.82, 2.24) is 19.6 Å². The van der Waals surface area contributed by atoms with Gasteiger partial charge >= 0.3 is 18.0 Å². The zero-order chi connectivity index (χ0) is 19.6. The molecular weight excluding hydrogens is 369 g/mol. The van der Waals surface area contributed by atoms with Gasteiger partial charge < -0.3 is 15.1 Å². The topological polar surface area (TPSA) is 87.5 Å². The van der Waals surface area contributed by atoms with Crippen LogP contribution in [0.25, 0.3) is 0 Å². The Balaban J connectivity index is 1.99. The molecule has 0 unspecified atom stereocenters. The number of alkyl halides is 5. The molecule has 1 aromatic rings. The molecule has 0 spiro atoms. The van der Waals surface area contributed by atoms with Crippen molar-refractivity contribution < 1.29 is 36.3 Å². The zero-order valence-corrected chi connectivity index (χ0v) is 13.4. The first-order chi connectivity index (χ1) is 12.0. The van der Waals surface area contributed by atoms with Crippen LogP contribution in [0.5, 0.6) is 0 Å². The molecule has 1 aromatic heterocycles. The largest absolute Gasteiger partial charge is 0.390 e. The number of hydrogen-bond donors (Lipinski definition) is 1. The number of nitrogens with zero attached hydrogens (tertiary/aromatic N) is 4. The van der Waals surface area contributed by atoms with Crippen LogP contribution in [0.15, 0.2) is 6.20 Å². The van der Waals surface area contributed by atoms with E-state index in [2.05, 4.69) is 5.10 Å². The average molecular weight is 383 g/mol. The summed E-state index contributed by atoms with van der Waals surface area (Å²) in [7, 11) is 1.33. The predicted octanol–water partition coefficient (Wildman–Crippen LogP) is 0.877. The average Bonchev–Trinajstić information content (AvgIpc) is 3.06. The second-order valence-electron chi connectivity index (χ2n) is 5.52. The number of carbonyl (C=O) groups is 3. The number of nitrogens with one attached hydrogen (secondary N) is 1. The molecular formula is C13H14F5N5O3. The van der Waals surface area contributed by atoms with Gasteiger partial charge in [-0.25, -0.2) is 8.78 Å². The second-order valence-corrected chi connectivity index (χ2v) is 5.52. The van der Waals surface area contributed by atoms with Crippen LogP contribution in [-0.4, -0.2) is 63.2 Å². The molecule has 0 atom stereocenters. The van der Waals surface area contributed by atoms with Crippen LogP contribution in [0.2, 0.25) is 0 Å². The maximum atomic E-state index is 12.8. The number of aromatic nitrogens is 2. The van der Waals surface area contributed by atoms with Gasteiger partial charge in [0.15, 0.2) is 5.69 Å².